The van der Waals surface area contributed by atoms with Gasteiger partial charge in [-0.2, -0.15) is 0 Å². The van der Waals surface area contributed by atoms with Gasteiger partial charge in [0.15, 0.2) is 0 Å². The van der Waals surface area contributed by atoms with E-state index in [-0.39, 0.29) is 0 Å². The lowest BCUT2D eigenvalue weighted by Crippen LogP contribution is -2.21. The Kier molecular flexibility index (Phi) is 3.64. The predicted octanol–water partition coefficient (Wildman–Crippen LogP) is 2.36. The fourth-order valence-electron chi connectivity index (χ4n) is 1.56. The summed E-state index contributed by atoms with van der Waals surface area (Å²) in [4.78, 5) is 0. The van der Waals surface area contributed by atoms with Crippen LogP contribution in [0.5, 0.6) is 0 Å². The first-order valence-electron chi connectivity index (χ1n) is 4.67. The SMILES string of the molecule is CCCCC[C@@H]1C=C[C@@H]1CO. The van der Waals surface area contributed by atoms with E-state index in [9.17, 15) is 0 Å². The number of unbranched alkanes of at least 4 members (excludes halogenated alkanes) is 2. The molecule has 11 heavy (non-hydrogen) atoms. The summed E-state index contributed by atoms with van der Waals surface area (Å²) < 4.78 is 0. The summed E-state index contributed by atoms with van der Waals surface area (Å²) in [5.74, 6) is 1.17. The zero-order chi connectivity index (χ0) is 8.10. The molecule has 64 valence electrons. The first-order chi connectivity index (χ1) is 5.38. The van der Waals surface area contributed by atoms with Crippen LogP contribution >= 0.6 is 0 Å². The Morgan fingerprint density at radius 2 is 1.91 bits per heavy atom. The van der Waals surface area contributed by atoms with Crippen LogP contribution in [0.25, 0.3) is 0 Å². The molecular formula is C10H18O. The first-order valence-corrected chi connectivity index (χ1v) is 4.67. The fourth-order valence-corrected chi connectivity index (χ4v) is 1.56. The molecule has 0 amide bonds. The van der Waals surface area contributed by atoms with E-state index in [2.05, 4.69) is 19.1 Å². The lowest BCUT2D eigenvalue weighted by molar-refractivity contribution is 0.203. The highest BCUT2D eigenvalue weighted by atomic mass is 16.3. The van der Waals surface area contributed by atoms with E-state index in [0.29, 0.717) is 18.4 Å². The monoisotopic (exact) mass is 154 g/mol. The van der Waals surface area contributed by atoms with E-state index in [4.69, 9.17) is 5.11 Å². The van der Waals surface area contributed by atoms with Crippen molar-refractivity contribution in [3.05, 3.63) is 12.2 Å². The highest BCUT2D eigenvalue weighted by Gasteiger charge is 2.21. The van der Waals surface area contributed by atoms with Gasteiger partial charge in [-0.15, -0.1) is 0 Å². The van der Waals surface area contributed by atoms with Crippen LogP contribution < -0.4 is 0 Å². The minimum atomic E-state index is 0.341. The molecule has 1 nitrogen and oxygen atoms in total. The highest BCUT2D eigenvalue weighted by molar-refractivity contribution is 5.08. The van der Waals surface area contributed by atoms with Crippen LogP contribution in [0.4, 0.5) is 0 Å². The third kappa shape index (κ3) is 2.33. The van der Waals surface area contributed by atoms with Crippen molar-refractivity contribution in [2.24, 2.45) is 11.8 Å². The topological polar surface area (TPSA) is 20.2 Å². The molecule has 0 unspecified atom stereocenters. The molecule has 0 fully saturated rings. The zero-order valence-corrected chi connectivity index (χ0v) is 7.29. The molecule has 0 aliphatic heterocycles. The molecule has 0 radical (unpaired) electrons. The van der Waals surface area contributed by atoms with Gasteiger partial charge in [0, 0.05) is 12.5 Å². The molecule has 1 rings (SSSR count). The molecule has 0 aromatic heterocycles. The van der Waals surface area contributed by atoms with Gasteiger partial charge in [0.1, 0.15) is 0 Å². The van der Waals surface area contributed by atoms with Crippen molar-refractivity contribution in [1.82, 2.24) is 0 Å². The Morgan fingerprint density at radius 3 is 2.36 bits per heavy atom. The lowest BCUT2D eigenvalue weighted by Gasteiger charge is -2.27. The molecule has 0 aromatic rings. The van der Waals surface area contributed by atoms with E-state index >= 15 is 0 Å². The van der Waals surface area contributed by atoms with Gasteiger partial charge >= 0.3 is 0 Å². The van der Waals surface area contributed by atoms with Crippen LogP contribution in [0, 0.1) is 11.8 Å². The van der Waals surface area contributed by atoms with E-state index in [1.165, 1.54) is 25.7 Å². The number of aliphatic hydroxyl groups excluding tert-OH is 1. The van der Waals surface area contributed by atoms with Gasteiger partial charge in [-0.1, -0.05) is 38.3 Å². The molecular weight excluding hydrogens is 136 g/mol. The Bertz CT molecular complexity index is 129. The van der Waals surface area contributed by atoms with Crippen molar-refractivity contribution in [3.63, 3.8) is 0 Å². The van der Waals surface area contributed by atoms with Crippen LogP contribution in [0.2, 0.25) is 0 Å². The first kappa shape index (κ1) is 8.79. The molecule has 0 spiro atoms. The van der Waals surface area contributed by atoms with E-state index in [1.54, 1.807) is 0 Å². The van der Waals surface area contributed by atoms with Gasteiger partial charge in [0.05, 0.1) is 0 Å². The van der Waals surface area contributed by atoms with Crippen molar-refractivity contribution < 1.29 is 5.11 Å². The van der Waals surface area contributed by atoms with Crippen molar-refractivity contribution in [1.29, 1.82) is 0 Å². The Labute approximate surface area is 69.1 Å². The van der Waals surface area contributed by atoms with Gasteiger partial charge in [-0.05, 0) is 12.3 Å². The molecule has 1 aliphatic rings. The second kappa shape index (κ2) is 4.55. The van der Waals surface area contributed by atoms with E-state index < -0.39 is 0 Å². The second-order valence-electron chi connectivity index (χ2n) is 3.39. The summed E-state index contributed by atoms with van der Waals surface area (Å²) >= 11 is 0. The zero-order valence-electron chi connectivity index (χ0n) is 7.29. The maximum Gasteiger partial charge on any atom is 0.0499 e. The van der Waals surface area contributed by atoms with E-state index in [1.807, 2.05) is 0 Å². The van der Waals surface area contributed by atoms with Gasteiger partial charge in [-0.25, -0.2) is 0 Å². The van der Waals surface area contributed by atoms with Gasteiger partial charge in [0.2, 0.25) is 0 Å². The predicted molar refractivity (Wildman–Crippen MR) is 47.3 cm³/mol. The van der Waals surface area contributed by atoms with Crippen molar-refractivity contribution in [3.8, 4) is 0 Å². The average molecular weight is 154 g/mol. The molecule has 1 heteroatoms. The van der Waals surface area contributed by atoms with Crippen molar-refractivity contribution in [2.75, 3.05) is 6.61 Å². The van der Waals surface area contributed by atoms with Gasteiger partial charge in [-0.3, -0.25) is 0 Å². The van der Waals surface area contributed by atoms with E-state index in [0.717, 1.165) is 0 Å². The minimum absolute atomic E-state index is 0.341. The number of rotatable bonds is 5. The summed E-state index contributed by atoms with van der Waals surface area (Å²) in [6.45, 7) is 2.56. The number of hydrogen-bond donors (Lipinski definition) is 1. The molecule has 2 atom stereocenters. The molecule has 0 heterocycles. The molecule has 0 bridgehead atoms. The van der Waals surface area contributed by atoms with Crippen LogP contribution in [-0.4, -0.2) is 11.7 Å². The highest BCUT2D eigenvalue weighted by Crippen LogP contribution is 2.29. The number of allylic oxidation sites excluding steroid dienone is 1. The van der Waals surface area contributed by atoms with Crippen molar-refractivity contribution >= 4 is 0 Å². The normalized spacial score (nSPS) is 28.5. The lowest BCUT2D eigenvalue weighted by atomic mass is 9.79. The standard InChI is InChI=1S/C10H18O/c1-2-3-4-5-9-6-7-10(9)8-11/h6-7,9-11H,2-5,8H2,1H3/t9-,10-/m1/s1. The third-order valence-corrected chi connectivity index (χ3v) is 2.51. The third-order valence-electron chi connectivity index (χ3n) is 2.51. The molecule has 0 aromatic carbocycles. The van der Waals surface area contributed by atoms with Gasteiger partial charge in [0.25, 0.3) is 0 Å². The maximum absolute atomic E-state index is 8.86. The summed E-state index contributed by atoms with van der Waals surface area (Å²) in [7, 11) is 0. The number of aliphatic hydroxyl groups is 1. The van der Waals surface area contributed by atoms with Gasteiger partial charge < -0.3 is 5.11 Å². The summed E-state index contributed by atoms with van der Waals surface area (Å²) in [6.07, 6.45) is 9.58. The number of hydrogen-bond acceptors (Lipinski definition) is 1. The van der Waals surface area contributed by atoms with Crippen LogP contribution in [0.3, 0.4) is 0 Å². The van der Waals surface area contributed by atoms with Crippen molar-refractivity contribution in [2.45, 2.75) is 32.6 Å². The van der Waals surface area contributed by atoms with Crippen LogP contribution in [0.1, 0.15) is 32.6 Å². The summed E-state index contributed by atoms with van der Waals surface area (Å²) in [6, 6.07) is 0. The second-order valence-corrected chi connectivity index (χ2v) is 3.39. The van der Waals surface area contributed by atoms with Crippen LogP contribution in [0.15, 0.2) is 12.2 Å². The smallest absolute Gasteiger partial charge is 0.0499 e. The Balaban J connectivity index is 2.04. The Morgan fingerprint density at radius 1 is 1.18 bits per heavy atom. The molecule has 1 aliphatic carbocycles. The molecule has 0 saturated heterocycles. The fraction of sp³-hybridized carbons (Fsp3) is 0.800. The quantitative estimate of drug-likeness (QED) is 0.476. The molecule has 1 N–H and O–H groups in total. The summed E-state index contributed by atoms with van der Waals surface area (Å²) in [5.41, 5.74) is 0. The summed E-state index contributed by atoms with van der Waals surface area (Å²) in [5, 5.41) is 8.86. The van der Waals surface area contributed by atoms with Crippen LogP contribution in [-0.2, 0) is 0 Å². The maximum atomic E-state index is 8.86. The largest absolute Gasteiger partial charge is 0.396 e. The average Bonchev–Trinajstić information content (AvgIpc) is 1.97. The minimum Gasteiger partial charge on any atom is -0.396 e. The molecule has 0 saturated carbocycles. The Hall–Kier alpha value is -0.300.